The first-order chi connectivity index (χ1) is 16.2. The van der Waals surface area contributed by atoms with Gasteiger partial charge in [0.25, 0.3) is 0 Å². The van der Waals surface area contributed by atoms with Gasteiger partial charge in [-0.3, -0.25) is 0 Å². The second-order valence-electron chi connectivity index (χ2n) is 10.1. The van der Waals surface area contributed by atoms with Gasteiger partial charge in [0.15, 0.2) is 0 Å². The highest BCUT2D eigenvalue weighted by molar-refractivity contribution is 9.10. The standard InChI is InChI=1S/C27H35BrFN3O2/c1-17(2)26-21-9-8-20(29)15-24(21)34-16-27(26,33)11-13-32(18(3)4)12-5-6-25-30-22-10-7-19(28)14-23(22)31-25/h7-10,14-15,17-18,26,33H,5-6,11-13,16H2,1-4H3,(H,30,31)/t26-,27+/m0/s1. The second kappa shape index (κ2) is 10.3. The zero-order valence-electron chi connectivity index (χ0n) is 20.4. The number of H-pyrrole nitrogens is 1. The molecule has 0 amide bonds. The summed E-state index contributed by atoms with van der Waals surface area (Å²) < 4.78 is 20.6. The fraction of sp³-hybridized carbons (Fsp3) is 0.519. The van der Waals surface area contributed by atoms with Gasteiger partial charge in [0.2, 0.25) is 0 Å². The molecule has 2 aromatic carbocycles. The molecule has 0 spiro atoms. The molecule has 3 aromatic rings. The number of halogens is 2. The number of ether oxygens (including phenoxy) is 1. The molecule has 0 saturated heterocycles. The second-order valence-corrected chi connectivity index (χ2v) is 11.0. The van der Waals surface area contributed by atoms with Gasteiger partial charge in [-0.25, -0.2) is 9.37 Å². The van der Waals surface area contributed by atoms with Crippen LogP contribution in [0.25, 0.3) is 11.0 Å². The third-order valence-electron chi connectivity index (χ3n) is 6.95. The lowest BCUT2D eigenvalue weighted by Gasteiger charge is -2.44. The van der Waals surface area contributed by atoms with Gasteiger partial charge < -0.3 is 19.7 Å². The van der Waals surface area contributed by atoms with Crippen molar-refractivity contribution in [1.29, 1.82) is 0 Å². The number of fused-ring (bicyclic) bond motifs is 2. The number of imidazole rings is 1. The Labute approximate surface area is 209 Å². The van der Waals surface area contributed by atoms with Crippen molar-refractivity contribution in [3.63, 3.8) is 0 Å². The summed E-state index contributed by atoms with van der Waals surface area (Å²) in [5.74, 6) is 1.36. The molecule has 1 aliphatic rings. The van der Waals surface area contributed by atoms with Crippen LogP contribution in [0.2, 0.25) is 0 Å². The average molecular weight is 532 g/mol. The van der Waals surface area contributed by atoms with E-state index in [1.54, 1.807) is 6.07 Å². The van der Waals surface area contributed by atoms with E-state index in [2.05, 4.69) is 59.6 Å². The van der Waals surface area contributed by atoms with E-state index < -0.39 is 5.60 Å². The summed E-state index contributed by atoms with van der Waals surface area (Å²) in [5.41, 5.74) is 1.94. The Kier molecular flexibility index (Phi) is 7.65. The molecule has 0 bridgehead atoms. The number of hydrogen-bond donors (Lipinski definition) is 2. The summed E-state index contributed by atoms with van der Waals surface area (Å²) in [6.45, 7) is 10.5. The molecular formula is C27H35BrFN3O2. The molecule has 2 N–H and O–H groups in total. The molecule has 0 fully saturated rings. The molecule has 2 heterocycles. The number of rotatable bonds is 9. The normalized spacial score (nSPS) is 20.4. The van der Waals surface area contributed by atoms with E-state index in [1.165, 1.54) is 12.1 Å². The molecule has 1 aromatic heterocycles. The van der Waals surface area contributed by atoms with Gasteiger partial charge in [-0.05, 0) is 63.4 Å². The molecule has 34 heavy (non-hydrogen) atoms. The molecule has 0 aliphatic carbocycles. The van der Waals surface area contributed by atoms with Crippen molar-refractivity contribution in [2.75, 3.05) is 19.7 Å². The molecule has 0 radical (unpaired) electrons. The summed E-state index contributed by atoms with van der Waals surface area (Å²) in [6.07, 6.45) is 2.45. The molecule has 7 heteroatoms. The number of aromatic amines is 1. The topological polar surface area (TPSA) is 61.4 Å². The van der Waals surface area contributed by atoms with Crippen LogP contribution in [-0.4, -0.2) is 51.3 Å². The number of benzene rings is 2. The first kappa shape index (κ1) is 25.1. The lowest BCUT2D eigenvalue weighted by Crippen LogP contribution is -2.50. The summed E-state index contributed by atoms with van der Waals surface area (Å²) in [5, 5.41) is 11.7. The highest BCUT2D eigenvalue weighted by Crippen LogP contribution is 2.45. The lowest BCUT2D eigenvalue weighted by atomic mass is 9.72. The van der Waals surface area contributed by atoms with Crippen LogP contribution in [0.15, 0.2) is 40.9 Å². The summed E-state index contributed by atoms with van der Waals surface area (Å²) in [4.78, 5) is 10.5. The summed E-state index contributed by atoms with van der Waals surface area (Å²) >= 11 is 3.51. The third kappa shape index (κ3) is 5.47. The van der Waals surface area contributed by atoms with E-state index in [0.717, 1.165) is 52.8 Å². The summed E-state index contributed by atoms with van der Waals surface area (Å²) in [7, 11) is 0. The maximum Gasteiger partial charge on any atom is 0.126 e. The van der Waals surface area contributed by atoms with Crippen molar-refractivity contribution in [3.05, 3.63) is 58.1 Å². The van der Waals surface area contributed by atoms with Crippen molar-refractivity contribution in [1.82, 2.24) is 14.9 Å². The SMILES string of the molecule is CC(C)[C@H]1c2ccc(F)cc2OC[C@]1(O)CCN(CCCc1nc2ccc(Br)cc2[nH]1)C(C)C. The van der Waals surface area contributed by atoms with Crippen molar-refractivity contribution >= 4 is 27.0 Å². The highest BCUT2D eigenvalue weighted by atomic mass is 79.9. The number of nitrogens with zero attached hydrogens (tertiary/aromatic N) is 2. The molecule has 4 rings (SSSR count). The minimum Gasteiger partial charge on any atom is -0.490 e. The fourth-order valence-electron chi connectivity index (χ4n) is 5.25. The predicted octanol–water partition coefficient (Wildman–Crippen LogP) is 6.06. The van der Waals surface area contributed by atoms with Crippen LogP contribution in [-0.2, 0) is 6.42 Å². The van der Waals surface area contributed by atoms with Gasteiger partial charge in [-0.15, -0.1) is 0 Å². The minimum atomic E-state index is -0.988. The van der Waals surface area contributed by atoms with E-state index in [-0.39, 0.29) is 24.3 Å². The van der Waals surface area contributed by atoms with Crippen molar-refractivity contribution in [2.24, 2.45) is 5.92 Å². The van der Waals surface area contributed by atoms with Crippen molar-refractivity contribution < 1.29 is 14.2 Å². The first-order valence-corrected chi connectivity index (χ1v) is 13.0. The van der Waals surface area contributed by atoms with Crippen LogP contribution in [0.3, 0.4) is 0 Å². The highest BCUT2D eigenvalue weighted by Gasteiger charge is 2.45. The fourth-order valence-corrected chi connectivity index (χ4v) is 5.61. The molecular weight excluding hydrogens is 497 g/mol. The van der Waals surface area contributed by atoms with Crippen LogP contribution in [0.4, 0.5) is 4.39 Å². The number of aliphatic hydroxyl groups is 1. The quantitative estimate of drug-likeness (QED) is 0.352. The molecule has 5 nitrogen and oxygen atoms in total. The number of aryl methyl sites for hydroxylation is 1. The maximum atomic E-state index is 13.7. The minimum absolute atomic E-state index is 0.0965. The lowest BCUT2D eigenvalue weighted by molar-refractivity contribution is -0.0661. The Morgan fingerprint density at radius 1 is 1.21 bits per heavy atom. The van der Waals surface area contributed by atoms with Crippen LogP contribution in [0.5, 0.6) is 5.75 Å². The van der Waals surface area contributed by atoms with Gasteiger partial charge >= 0.3 is 0 Å². The van der Waals surface area contributed by atoms with Crippen LogP contribution in [0.1, 0.15) is 57.8 Å². The van der Waals surface area contributed by atoms with E-state index in [9.17, 15) is 9.50 Å². The zero-order valence-corrected chi connectivity index (χ0v) is 22.0. The van der Waals surface area contributed by atoms with E-state index in [4.69, 9.17) is 9.72 Å². The van der Waals surface area contributed by atoms with E-state index >= 15 is 0 Å². The average Bonchev–Trinajstić information content (AvgIpc) is 3.17. The predicted molar refractivity (Wildman–Crippen MR) is 138 cm³/mol. The smallest absolute Gasteiger partial charge is 0.126 e. The number of nitrogens with one attached hydrogen (secondary N) is 1. The van der Waals surface area contributed by atoms with Gasteiger partial charge in [0.05, 0.1) is 11.0 Å². The number of aromatic nitrogens is 2. The van der Waals surface area contributed by atoms with E-state index in [0.29, 0.717) is 18.2 Å². The van der Waals surface area contributed by atoms with Crippen LogP contribution < -0.4 is 4.74 Å². The third-order valence-corrected chi connectivity index (χ3v) is 7.44. The van der Waals surface area contributed by atoms with Gasteiger partial charge in [-0.2, -0.15) is 0 Å². The Morgan fingerprint density at radius 3 is 2.74 bits per heavy atom. The monoisotopic (exact) mass is 531 g/mol. The van der Waals surface area contributed by atoms with Gasteiger partial charge in [0.1, 0.15) is 29.6 Å². The Morgan fingerprint density at radius 2 is 2.00 bits per heavy atom. The Bertz CT molecular complexity index is 1130. The Balaban J connectivity index is 1.39. The van der Waals surface area contributed by atoms with Crippen molar-refractivity contribution in [2.45, 2.75) is 64.5 Å². The molecule has 0 saturated carbocycles. The van der Waals surface area contributed by atoms with Gasteiger partial charge in [-0.1, -0.05) is 35.8 Å². The molecule has 184 valence electrons. The zero-order chi connectivity index (χ0) is 24.5. The molecule has 2 atom stereocenters. The molecule has 1 aliphatic heterocycles. The Hall–Kier alpha value is -1.96. The largest absolute Gasteiger partial charge is 0.490 e. The van der Waals surface area contributed by atoms with Crippen LogP contribution >= 0.6 is 15.9 Å². The van der Waals surface area contributed by atoms with Crippen LogP contribution in [0, 0.1) is 11.7 Å². The summed E-state index contributed by atoms with van der Waals surface area (Å²) in [6, 6.07) is 11.1. The number of hydrogen-bond acceptors (Lipinski definition) is 4. The van der Waals surface area contributed by atoms with E-state index in [1.807, 2.05) is 12.1 Å². The first-order valence-electron chi connectivity index (χ1n) is 12.2. The van der Waals surface area contributed by atoms with Gasteiger partial charge in [0, 0.05) is 41.0 Å². The maximum absolute atomic E-state index is 13.7. The van der Waals surface area contributed by atoms with Crippen molar-refractivity contribution in [3.8, 4) is 5.75 Å². The molecule has 0 unspecified atom stereocenters.